The molecule has 0 fully saturated rings. The smallest absolute Gasteiger partial charge is 0.170 e. The summed E-state index contributed by atoms with van der Waals surface area (Å²) in [6, 6.07) is 14.2. The number of hydrogen-bond acceptors (Lipinski definition) is 3. The van der Waals surface area contributed by atoms with Crippen LogP contribution in [0.1, 0.15) is 17.5 Å². The Labute approximate surface area is 149 Å². The summed E-state index contributed by atoms with van der Waals surface area (Å²) in [5.41, 5.74) is 3.45. The molecular weight excluding hydrogens is 320 g/mol. The first-order valence-corrected chi connectivity index (χ1v) is 8.35. The molecule has 0 heterocycles. The van der Waals surface area contributed by atoms with Gasteiger partial charge in [-0.15, -0.1) is 0 Å². The Morgan fingerprint density at radius 1 is 1.04 bits per heavy atom. The summed E-state index contributed by atoms with van der Waals surface area (Å²) in [5, 5.41) is 6.97. The van der Waals surface area contributed by atoms with Crippen LogP contribution in [0.15, 0.2) is 42.5 Å². The van der Waals surface area contributed by atoms with Gasteiger partial charge in [-0.1, -0.05) is 29.8 Å². The zero-order valence-corrected chi connectivity index (χ0v) is 15.2. The predicted molar refractivity (Wildman–Crippen MR) is 103 cm³/mol. The van der Waals surface area contributed by atoms with Gasteiger partial charge in [0, 0.05) is 12.6 Å². The minimum atomic E-state index is 0.586. The minimum Gasteiger partial charge on any atom is -0.497 e. The average molecular weight is 344 g/mol. The fourth-order valence-corrected chi connectivity index (χ4v) is 2.53. The molecule has 0 amide bonds. The largest absolute Gasteiger partial charge is 0.497 e. The number of rotatable bonds is 7. The second kappa shape index (κ2) is 9.13. The molecule has 2 N–H and O–H groups in total. The number of hydrogen-bond donors (Lipinski definition) is 2. The van der Waals surface area contributed by atoms with Gasteiger partial charge in [-0.2, -0.15) is 0 Å². The van der Waals surface area contributed by atoms with E-state index >= 15 is 0 Å². The van der Waals surface area contributed by atoms with Crippen molar-refractivity contribution in [3.8, 4) is 11.5 Å². The summed E-state index contributed by atoms with van der Waals surface area (Å²) in [4.78, 5) is 0. The SMILES string of the molecule is COc1ccc(NC(=S)NCCCc2ccc(C)cc2)c(OC)c1. The van der Waals surface area contributed by atoms with Crippen molar-refractivity contribution < 1.29 is 9.47 Å². The third-order valence-electron chi connectivity index (χ3n) is 3.71. The number of methoxy groups -OCH3 is 2. The van der Waals surface area contributed by atoms with E-state index in [4.69, 9.17) is 21.7 Å². The van der Waals surface area contributed by atoms with Crippen molar-refractivity contribution >= 4 is 23.0 Å². The van der Waals surface area contributed by atoms with E-state index in [0.717, 1.165) is 30.8 Å². The molecule has 2 rings (SSSR count). The molecule has 0 aliphatic carbocycles. The van der Waals surface area contributed by atoms with Gasteiger partial charge in [0.15, 0.2) is 5.11 Å². The molecule has 0 radical (unpaired) electrons. The van der Waals surface area contributed by atoms with Gasteiger partial charge in [0.1, 0.15) is 11.5 Å². The average Bonchev–Trinajstić information content (AvgIpc) is 2.60. The van der Waals surface area contributed by atoms with Crippen LogP contribution in [0.3, 0.4) is 0 Å². The van der Waals surface area contributed by atoms with E-state index in [2.05, 4.69) is 41.8 Å². The number of anilines is 1. The second-order valence-electron chi connectivity index (χ2n) is 5.54. The molecular formula is C19H24N2O2S. The molecule has 0 aromatic heterocycles. The van der Waals surface area contributed by atoms with Crippen LogP contribution < -0.4 is 20.1 Å². The summed E-state index contributed by atoms with van der Waals surface area (Å²) in [6.07, 6.45) is 2.05. The molecule has 0 aliphatic heterocycles. The Kier molecular flexibility index (Phi) is 6.88. The zero-order valence-electron chi connectivity index (χ0n) is 14.4. The van der Waals surface area contributed by atoms with Crippen molar-refractivity contribution in [2.45, 2.75) is 19.8 Å². The number of benzene rings is 2. The number of ether oxygens (including phenoxy) is 2. The summed E-state index contributed by atoms with van der Waals surface area (Å²) in [6.45, 7) is 2.92. The van der Waals surface area contributed by atoms with E-state index in [1.807, 2.05) is 18.2 Å². The van der Waals surface area contributed by atoms with Crippen molar-refractivity contribution in [3.05, 3.63) is 53.6 Å². The molecule has 0 atom stereocenters. The van der Waals surface area contributed by atoms with E-state index in [-0.39, 0.29) is 0 Å². The lowest BCUT2D eigenvalue weighted by Gasteiger charge is -2.14. The van der Waals surface area contributed by atoms with Crippen LogP contribution in [0.4, 0.5) is 5.69 Å². The third kappa shape index (κ3) is 5.42. The molecule has 0 saturated carbocycles. The normalized spacial score (nSPS) is 10.1. The first-order chi connectivity index (χ1) is 11.6. The number of thiocarbonyl (C=S) groups is 1. The molecule has 0 unspecified atom stereocenters. The van der Waals surface area contributed by atoms with Gasteiger partial charge in [-0.05, 0) is 49.7 Å². The van der Waals surface area contributed by atoms with Crippen molar-refractivity contribution in [2.24, 2.45) is 0 Å². The Morgan fingerprint density at radius 3 is 2.46 bits per heavy atom. The van der Waals surface area contributed by atoms with Crippen molar-refractivity contribution in [1.82, 2.24) is 5.32 Å². The van der Waals surface area contributed by atoms with Gasteiger partial charge < -0.3 is 20.1 Å². The van der Waals surface area contributed by atoms with Crippen molar-refractivity contribution in [2.75, 3.05) is 26.1 Å². The zero-order chi connectivity index (χ0) is 17.4. The Bertz CT molecular complexity index is 672. The van der Waals surface area contributed by atoms with Gasteiger partial charge in [-0.25, -0.2) is 0 Å². The van der Waals surface area contributed by atoms with E-state index in [9.17, 15) is 0 Å². The first-order valence-electron chi connectivity index (χ1n) is 7.95. The highest BCUT2D eigenvalue weighted by Gasteiger charge is 2.06. The first kappa shape index (κ1) is 18.1. The molecule has 2 aromatic rings. The maximum absolute atomic E-state index is 5.35. The van der Waals surface area contributed by atoms with Gasteiger partial charge in [0.25, 0.3) is 0 Å². The maximum atomic E-state index is 5.35. The van der Waals surface area contributed by atoms with Gasteiger partial charge in [-0.3, -0.25) is 0 Å². The molecule has 0 saturated heterocycles. The fraction of sp³-hybridized carbons (Fsp3) is 0.316. The molecule has 24 heavy (non-hydrogen) atoms. The highest BCUT2D eigenvalue weighted by Crippen LogP contribution is 2.28. The predicted octanol–water partition coefficient (Wildman–Crippen LogP) is 3.93. The highest BCUT2D eigenvalue weighted by molar-refractivity contribution is 7.80. The van der Waals surface area contributed by atoms with Crippen LogP contribution in [-0.2, 0) is 6.42 Å². The van der Waals surface area contributed by atoms with Gasteiger partial charge in [0.05, 0.1) is 19.9 Å². The lowest BCUT2D eigenvalue weighted by molar-refractivity contribution is 0.395. The fourth-order valence-electron chi connectivity index (χ4n) is 2.32. The summed E-state index contributed by atoms with van der Waals surface area (Å²) < 4.78 is 10.5. The molecule has 0 bridgehead atoms. The lowest BCUT2D eigenvalue weighted by Crippen LogP contribution is -2.29. The summed E-state index contributed by atoms with van der Waals surface area (Å²) in [5.74, 6) is 1.44. The van der Waals surface area contributed by atoms with E-state index in [1.54, 1.807) is 14.2 Å². The second-order valence-corrected chi connectivity index (χ2v) is 5.94. The van der Waals surface area contributed by atoms with Crippen molar-refractivity contribution in [1.29, 1.82) is 0 Å². The van der Waals surface area contributed by atoms with E-state index in [0.29, 0.717) is 10.9 Å². The molecule has 4 nitrogen and oxygen atoms in total. The molecule has 128 valence electrons. The number of nitrogens with one attached hydrogen (secondary N) is 2. The van der Waals surface area contributed by atoms with Gasteiger partial charge >= 0.3 is 0 Å². The molecule has 0 aliphatic rings. The van der Waals surface area contributed by atoms with Crippen molar-refractivity contribution in [3.63, 3.8) is 0 Å². The minimum absolute atomic E-state index is 0.586. The lowest BCUT2D eigenvalue weighted by atomic mass is 10.1. The standard InChI is InChI=1S/C19H24N2O2S/c1-14-6-8-15(9-7-14)5-4-12-20-19(24)21-17-11-10-16(22-2)13-18(17)23-3/h6-11,13H,4-5,12H2,1-3H3,(H2,20,21,24). The van der Waals surface area contributed by atoms with E-state index < -0.39 is 0 Å². The summed E-state index contributed by atoms with van der Waals surface area (Å²) in [7, 11) is 3.25. The Hall–Kier alpha value is -2.27. The number of aryl methyl sites for hydroxylation is 2. The quantitative estimate of drug-likeness (QED) is 0.588. The van der Waals surface area contributed by atoms with Crippen LogP contribution in [0, 0.1) is 6.92 Å². The molecule has 2 aromatic carbocycles. The van der Waals surface area contributed by atoms with E-state index in [1.165, 1.54) is 11.1 Å². The van der Waals surface area contributed by atoms with Crippen LogP contribution in [-0.4, -0.2) is 25.9 Å². The topological polar surface area (TPSA) is 42.5 Å². The monoisotopic (exact) mass is 344 g/mol. The Balaban J connectivity index is 1.78. The Morgan fingerprint density at radius 2 is 1.79 bits per heavy atom. The summed E-state index contributed by atoms with van der Waals surface area (Å²) >= 11 is 5.34. The van der Waals surface area contributed by atoms with Crippen LogP contribution in [0.25, 0.3) is 0 Å². The highest BCUT2D eigenvalue weighted by atomic mass is 32.1. The van der Waals surface area contributed by atoms with Crippen LogP contribution in [0.2, 0.25) is 0 Å². The third-order valence-corrected chi connectivity index (χ3v) is 3.95. The maximum Gasteiger partial charge on any atom is 0.170 e. The van der Waals surface area contributed by atoms with Crippen LogP contribution in [0.5, 0.6) is 11.5 Å². The van der Waals surface area contributed by atoms with Gasteiger partial charge in [0.2, 0.25) is 0 Å². The molecule has 5 heteroatoms. The van der Waals surface area contributed by atoms with Crippen LogP contribution >= 0.6 is 12.2 Å². The molecule has 0 spiro atoms.